The number of nitrogens with zero attached hydrogens (tertiary/aromatic N) is 3. The second kappa shape index (κ2) is 8.24. The molecule has 0 radical (unpaired) electrons. The Bertz CT molecular complexity index is 1150. The van der Waals surface area contributed by atoms with Crippen LogP contribution in [-0.4, -0.2) is 34.8 Å². The van der Waals surface area contributed by atoms with E-state index < -0.39 is 11.8 Å². The van der Waals surface area contributed by atoms with Crippen LogP contribution in [0.15, 0.2) is 52.7 Å². The Labute approximate surface area is 171 Å². The zero-order valence-corrected chi connectivity index (χ0v) is 16.3. The minimum atomic E-state index is -0.643. The summed E-state index contributed by atoms with van der Waals surface area (Å²) in [6, 6.07) is 12.1. The van der Waals surface area contributed by atoms with Crippen molar-refractivity contribution in [3.05, 3.63) is 48.0 Å². The van der Waals surface area contributed by atoms with Gasteiger partial charge in [-0.3, -0.25) is 9.59 Å². The zero-order chi connectivity index (χ0) is 21.1. The minimum Gasteiger partial charge on any atom is -0.493 e. The van der Waals surface area contributed by atoms with E-state index in [1.165, 1.54) is 0 Å². The molecule has 0 aliphatic carbocycles. The number of ether oxygens (including phenoxy) is 2. The third kappa shape index (κ3) is 3.69. The van der Waals surface area contributed by atoms with E-state index in [4.69, 9.17) is 9.47 Å². The Balaban J connectivity index is 1.44. The van der Waals surface area contributed by atoms with Crippen LogP contribution < -0.4 is 14.8 Å². The van der Waals surface area contributed by atoms with Gasteiger partial charge in [-0.05, 0) is 30.7 Å². The molecule has 0 unspecified atom stereocenters. The molecule has 0 fully saturated rings. The minimum absolute atomic E-state index is 0.0426. The number of hydrogen-bond acceptors (Lipinski definition) is 6. The number of nitrogens with one attached hydrogen (secondary N) is 1. The second-order valence-electron chi connectivity index (χ2n) is 6.69. The Morgan fingerprint density at radius 3 is 2.80 bits per heavy atom. The summed E-state index contributed by atoms with van der Waals surface area (Å²) in [5, 5.41) is 21.3. The monoisotopic (exact) mass is 408 g/mol. The number of carbonyl (C=O) groups excluding carboxylic acids is 2. The normalized spacial score (nSPS) is 12.6. The number of rotatable bonds is 6. The van der Waals surface area contributed by atoms with Crippen molar-refractivity contribution < 1.29 is 24.2 Å². The lowest BCUT2D eigenvalue weighted by atomic mass is 10.2. The summed E-state index contributed by atoms with van der Waals surface area (Å²) in [7, 11) is 0. The molecule has 2 N–H and O–H groups in total. The molecule has 2 amide bonds. The van der Waals surface area contributed by atoms with E-state index in [2.05, 4.69) is 15.5 Å². The van der Waals surface area contributed by atoms with Gasteiger partial charge in [0.15, 0.2) is 17.2 Å². The van der Waals surface area contributed by atoms with Gasteiger partial charge < -0.3 is 24.5 Å². The summed E-state index contributed by atoms with van der Waals surface area (Å²) in [4.78, 5) is 24.4. The SMILES string of the molecule is CCCn1c(O)c(N=NC(=O)CNC(=O)c2ccc3c(c2)OCO3)c2ccccc21. The number of aromatic nitrogens is 1. The molecule has 9 nitrogen and oxygen atoms in total. The zero-order valence-electron chi connectivity index (χ0n) is 16.3. The van der Waals surface area contributed by atoms with Gasteiger partial charge in [0.25, 0.3) is 11.8 Å². The highest BCUT2D eigenvalue weighted by atomic mass is 16.7. The van der Waals surface area contributed by atoms with Crippen LogP contribution in [-0.2, 0) is 11.3 Å². The first kappa shape index (κ1) is 19.4. The molecule has 2 heterocycles. The van der Waals surface area contributed by atoms with Crippen LogP contribution in [0.5, 0.6) is 17.4 Å². The van der Waals surface area contributed by atoms with Crippen LogP contribution in [0, 0.1) is 0 Å². The first-order chi connectivity index (χ1) is 14.6. The number of carbonyl (C=O) groups is 2. The molecule has 3 aromatic rings. The van der Waals surface area contributed by atoms with Crippen LogP contribution in [0.3, 0.4) is 0 Å². The van der Waals surface area contributed by atoms with Gasteiger partial charge in [-0.1, -0.05) is 25.1 Å². The average molecular weight is 408 g/mol. The molecule has 0 spiro atoms. The summed E-state index contributed by atoms with van der Waals surface area (Å²) >= 11 is 0. The fraction of sp³-hybridized carbons (Fsp3) is 0.238. The molecule has 1 aliphatic rings. The Hall–Kier alpha value is -3.88. The molecule has 0 bridgehead atoms. The van der Waals surface area contributed by atoms with E-state index in [1.54, 1.807) is 28.8 Å². The van der Waals surface area contributed by atoms with Gasteiger partial charge in [0, 0.05) is 17.5 Å². The number of para-hydroxylation sites is 1. The van der Waals surface area contributed by atoms with Crippen LogP contribution in [0.2, 0.25) is 0 Å². The van der Waals surface area contributed by atoms with E-state index in [0.29, 0.717) is 29.0 Å². The van der Waals surface area contributed by atoms with Gasteiger partial charge in [-0.15, -0.1) is 10.2 Å². The molecule has 0 saturated heterocycles. The van der Waals surface area contributed by atoms with Gasteiger partial charge in [0.2, 0.25) is 12.7 Å². The van der Waals surface area contributed by atoms with Gasteiger partial charge >= 0.3 is 0 Å². The van der Waals surface area contributed by atoms with Gasteiger partial charge in [0.05, 0.1) is 5.52 Å². The van der Waals surface area contributed by atoms with E-state index in [1.807, 2.05) is 25.1 Å². The van der Waals surface area contributed by atoms with E-state index in [0.717, 1.165) is 11.9 Å². The number of benzene rings is 2. The highest BCUT2D eigenvalue weighted by molar-refractivity contribution is 5.97. The molecule has 30 heavy (non-hydrogen) atoms. The molecule has 1 aromatic heterocycles. The highest BCUT2D eigenvalue weighted by Crippen LogP contribution is 2.38. The van der Waals surface area contributed by atoms with Gasteiger partial charge in [0.1, 0.15) is 6.54 Å². The summed E-state index contributed by atoms with van der Waals surface area (Å²) in [5.41, 5.74) is 1.38. The van der Waals surface area contributed by atoms with E-state index in [9.17, 15) is 14.7 Å². The molecule has 1 aliphatic heterocycles. The quantitative estimate of drug-likeness (QED) is 0.606. The van der Waals surface area contributed by atoms with Crippen molar-refractivity contribution in [1.82, 2.24) is 9.88 Å². The maximum atomic E-state index is 12.3. The lowest BCUT2D eigenvalue weighted by Crippen LogP contribution is -2.28. The summed E-state index contributed by atoms with van der Waals surface area (Å²) in [5.74, 6) is -0.0832. The highest BCUT2D eigenvalue weighted by Gasteiger charge is 2.18. The largest absolute Gasteiger partial charge is 0.493 e. The molecule has 154 valence electrons. The fourth-order valence-corrected chi connectivity index (χ4v) is 3.26. The summed E-state index contributed by atoms with van der Waals surface area (Å²) in [6.45, 7) is 2.40. The standard InChI is InChI=1S/C21H20N4O5/c1-2-9-25-15-6-4-3-5-14(15)19(21(25)28)24-23-18(26)11-22-20(27)13-7-8-16-17(10-13)30-12-29-16/h3-8,10,28H,2,9,11-12H2,1H3,(H,22,27). The predicted molar refractivity (Wildman–Crippen MR) is 108 cm³/mol. The van der Waals surface area contributed by atoms with Crippen molar-refractivity contribution in [2.45, 2.75) is 19.9 Å². The lowest BCUT2D eigenvalue weighted by Gasteiger charge is -2.04. The van der Waals surface area contributed by atoms with Crippen LogP contribution in [0.4, 0.5) is 5.69 Å². The van der Waals surface area contributed by atoms with E-state index in [-0.39, 0.29) is 24.9 Å². The molecular weight excluding hydrogens is 388 g/mol. The first-order valence-corrected chi connectivity index (χ1v) is 9.51. The smallest absolute Gasteiger partial charge is 0.283 e. The van der Waals surface area contributed by atoms with Crippen molar-refractivity contribution in [2.24, 2.45) is 10.2 Å². The van der Waals surface area contributed by atoms with Crippen molar-refractivity contribution in [1.29, 1.82) is 0 Å². The average Bonchev–Trinajstić information content (AvgIpc) is 3.33. The molecule has 0 atom stereocenters. The summed E-state index contributed by atoms with van der Waals surface area (Å²) in [6.07, 6.45) is 0.827. The molecule has 9 heteroatoms. The van der Waals surface area contributed by atoms with Crippen LogP contribution in [0.1, 0.15) is 23.7 Å². The fourth-order valence-electron chi connectivity index (χ4n) is 3.26. The number of azo groups is 1. The van der Waals surface area contributed by atoms with Crippen molar-refractivity contribution in [3.8, 4) is 17.4 Å². The second-order valence-corrected chi connectivity index (χ2v) is 6.69. The summed E-state index contributed by atoms with van der Waals surface area (Å²) < 4.78 is 12.2. The number of fused-ring (bicyclic) bond motifs is 2. The number of aromatic hydroxyl groups is 1. The number of aryl methyl sites for hydroxylation is 1. The first-order valence-electron chi connectivity index (χ1n) is 9.51. The molecule has 0 saturated carbocycles. The third-order valence-corrected chi connectivity index (χ3v) is 4.66. The third-order valence-electron chi connectivity index (χ3n) is 4.66. The maximum Gasteiger partial charge on any atom is 0.283 e. The molecule has 2 aromatic carbocycles. The van der Waals surface area contributed by atoms with Crippen molar-refractivity contribution in [2.75, 3.05) is 13.3 Å². The molecular formula is C21H20N4O5. The van der Waals surface area contributed by atoms with Crippen molar-refractivity contribution >= 4 is 28.4 Å². The molecule has 4 rings (SSSR count). The Morgan fingerprint density at radius 2 is 1.97 bits per heavy atom. The maximum absolute atomic E-state index is 12.3. The Kier molecular flexibility index (Phi) is 5.34. The van der Waals surface area contributed by atoms with Crippen molar-refractivity contribution in [3.63, 3.8) is 0 Å². The van der Waals surface area contributed by atoms with E-state index >= 15 is 0 Å². The predicted octanol–water partition coefficient (Wildman–Crippen LogP) is 3.53. The number of amides is 2. The number of hydrogen-bond donors (Lipinski definition) is 2. The van der Waals surface area contributed by atoms with Gasteiger partial charge in [-0.25, -0.2) is 0 Å². The Morgan fingerprint density at radius 1 is 1.17 bits per heavy atom. The van der Waals surface area contributed by atoms with Crippen LogP contribution >= 0.6 is 0 Å². The van der Waals surface area contributed by atoms with Gasteiger partial charge in [-0.2, -0.15) is 0 Å². The lowest BCUT2D eigenvalue weighted by molar-refractivity contribution is -0.117. The van der Waals surface area contributed by atoms with Crippen LogP contribution in [0.25, 0.3) is 10.9 Å². The topological polar surface area (TPSA) is 115 Å².